The van der Waals surface area contributed by atoms with Crippen LogP contribution in [0.2, 0.25) is 0 Å². The molecular weight excluding hydrogens is 564 g/mol. The molecule has 0 aliphatic carbocycles. The maximum Gasteiger partial charge on any atom is 0.126 e. The van der Waals surface area contributed by atoms with Crippen LogP contribution in [0.25, 0.3) is 0 Å². The third-order valence-electron chi connectivity index (χ3n) is 7.18. The Kier molecular flexibility index (Phi) is 13.7. The Hall–Kier alpha value is -4.40. The van der Waals surface area contributed by atoms with Crippen LogP contribution in [0.4, 0.5) is 0 Å². The standard InChI is InChI=1S/C39H40O6/c1-4-7-8-12-15-37-28-42-26-35-24-31(23-34-22-30(5-2)16-17-32(34)6-3)25-36(39(35)40)27-43-29-38(33-13-10-9-11-14-33)45-21-19-41-18-20-44-37/h2-4,7-17,22,24-25,37-38,40H,1,18-21,23,26-29H2/b8-7-,15-12+/t37-,38+/m0/s1. The van der Waals surface area contributed by atoms with Gasteiger partial charge in [0.1, 0.15) is 11.9 Å². The van der Waals surface area contributed by atoms with Crippen LogP contribution in [0, 0.1) is 24.7 Å². The Morgan fingerprint density at radius 3 is 2.24 bits per heavy atom. The summed E-state index contributed by atoms with van der Waals surface area (Å²) in [5.74, 6) is 5.56. The van der Waals surface area contributed by atoms with Gasteiger partial charge in [-0.2, -0.15) is 0 Å². The van der Waals surface area contributed by atoms with E-state index in [0.29, 0.717) is 50.6 Å². The molecule has 6 nitrogen and oxygen atoms in total. The first-order valence-corrected chi connectivity index (χ1v) is 15.0. The van der Waals surface area contributed by atoms with Crippen molar-refractivity contribution >= 4 is 0 Å². The van der Waals surface area contributed by atoms with Gasteiger partial charge >= 0.3 is 0 Å². The molecule has 3 aromatic carbocycles. The Labute approximate surface area is 266 Å². The van der Waals surface area contributed by atoms with Crippen molar-refractivity contribution in [3.05, 3.63) is 137 Å². The van der Waals surface area contributed by atoms with E-state index in [4.69, 9.17) is 36.5 Å². The van der Waals surface area contributed by atoms with E-state index in [0.717, 1.165) is 27.8 Å². The Morgan fingerprint density at radius 1 is 0.800 bits per heavy atom. The van der Waals surface area contributed by atoms with Gasteiger partial charge in [-0.1, -0.05) is 79.1 Å². The third-order valence-corrected chi connectivity index (χ3v) is 7.18. The summed E-state index contributed by atoms with van der Waals surface area (Å²) in [5.41, 5.74) is 5.66. The summed E-state index contributed by atoms with van der Waals surface area (Å²) in [6.07, 6.45) is 20.6. The van der Waals surface area contributed by atoms with Gasteiger partial charge in [0.15, 0.2) is 0 Å². The van der Waals surface area contributed by atoms with E-state index >= 15 is 0 Å². The summed E-state index contributed by atoms with van der Waals surface area (Å²) in [6, 6.07) is 19.4. The molecule has 4 rings (SSSR count). The van der Waals surface area contributed by atoms with Gasteiger partial charge in [0.05, 0.1) is 59.0 Å². The molecule has 0 amide bonds. The monoisotopic (exact) mass is 604 g/mol. The highest BCUT2D eigenvalue weighted by Crippen LogP contribution is 2.29. The fraction of sp³-hybridized carbons (Fsp3) is 0.282. The van der Waals surface area contributed by atoms with Gasteiger partial charge in [0, 0.05) is 22.3 Å². The highest BCUT2D eigenvalue weighted by molar-refractivity contribution is 5.50. The molecule has 3 aromatic rings. The molecule has 0 fully saturated rings. The number of fused-ring (bicyclic) bond motifs is 2. The molecule has 0 saturated carbocycles. The maximum atomic E-state index is 11.3. The largest absolute Gasteiger partial charge is 0.507 e. The molecule has 6 heteroatoms. The highest BCUT2D eigenvalue weighted by Gasteiger charge is 2.17. The molecule has 2 atom stereocenters. The molecule has 1 heterocycles. The lowest BCUT2D eigenvalue weighted by molar-refractivity contribution is -0.0567. The van der Waals surface area contributed by atoms with Crippen LogP contribution >= 0.6 is 0 Å². The van der Waals surface area contributed by atoms with Crippen LogP contribution in [0.5, 0.6) is 5.75 Å². The molecular formula is C39H40O6. The molecule has 0 spiro atoms. The number of benzene rings is 3. The van der Waals surface area contributed by atoms with Gasteiger partial charge < -0.3 is 28.8 Å². The molecule has 0 radical (unpaired) electrons. The minimum absolute atomic E-state index is 0.127. The lowest BCUT2D eigenvalue weighted by Gasteiger charge is -2.21. The molecule has 0 aromatic heterocycles. The van der Waals surface area contributed by atoms with Crippen molar-refractivity contribution in [2.24, 2.45) is 0 Å². The van der Waals surface area contributed by atoms with Gasteiger partial charge in [0.25, 0.3) is 0 Å². The second kappa shape index (κ2) is 18.4. The minimum Gasteiger partial charge on any atom is -0.507 e. The van der Waals surface area contributed by atoms with Crippen molar-refractivity contribution in [3.63, 3.8) is 0 Å². The average Bonchev–Trinajstić information content (AvgIpc) is 3.06. The molecule has 0 unspecified atom stereocenters. The van der Waals surface area contributed by atoms with Crippen LogP contribution in [0.3, 0.4) is 0 Å². The zero-order valence-corrected chi connectivity index (χ0v) is 25.5. The van der Waals surface area contributed by atoms with Crippen LogP contribution < -0.4 is 0 Å². The number of phenolic OH excluding ortho intramolecular Hbond substituents is 1. The molecule has 232 valence electrons. The van der Waals surface area contributed by atoms with Crippen LogP contribution in [0.15, 0.2) is 97.6 Å². The minimum atomic E-state index is -0.321. The fourth-order valence-electron chi connectivity index (χ4n) is 4.91. The van der Waals surface area contributed by atoms with E-state index in [-0.39, 0.29) is 37.8 Å². The molecule has 1 aliphatic rings. The van der Waals surface area contributed by atoms with Gasteiger partial charge in [-0.25, -0.2) is 0 Å². The van der Waals surface area contributed by atoms with Crippen LogP contribution in [-0.4, -0.2) is 50.9 Å². The number of aromatic hydroxyl groups is 1. The van der Waals surface area contributed by atoms with E-state index in [2.05, 4.69) is 18.4 Å². The van der Waals surface area contributed by atoms with Gasteiger partial charge in [-0.3, -0.25) is 0 Å². The summed E-state index contributed by atoms with van der Waals surface area (Å²) in [6.45, 7) is 6.21. The number of hydrogen-bond acceptors (Lipinski definition) is 6. The Balaban J connectivity index is 1.62. The normalized spacial score (nSPS) is 18.9. The second-order valence-electron chi connectivity index (χ2n) is 10.4. The highest BCUT2D eigenvalue weighted by atomic mass is 16.6. The van der Waals surface area contributed by atoms with E-state index in [1.165, 1.54) is 0 Å². The van der Waals surface area contributed by atoms with Crippen molar-refractivity contribution < 1.29 is 28.8 Å². The zero-order chi connectivity index (χ0) is 31.7. The fourth-order valence-corrected chi connectivity index (χ4v) is 4.91. The first-order valence-electron chi connectivity index (χ1n) is 15.0. The number of hydrogen-bond donors (Lipinski definition) is 1. The lowest BCUT2D eigenvalue weighted by Crippen LogP contribution is -2.21. The number of phenols is 1. The smallest absolute Gasteiger partial charge is 0.126 e. The van der Waals surface area contributed by atoms with E-state index < -0.39 is 0 Å². The second-order valence-corrected chi connectivity index (χ2v) is 10.4. The first kappa shape index (κ1) is 33.5. The maximum absolute atomic E-state index is 11.3. The third kappa shape index (κ3) is 10.6. The van der Waals surface area contributed by atoms with E-state index in [9.17, 15) is 5.11 Å². The predicted molar refractivity (Wildman–Crippen MR) is 177 cm³/mol. The summed E-state index contributed by atoms with van der Waals surface area (Å²) in [7, 11) is 0. The van der Waals surface area contributed by atoms with Crippen molar-refractivity contribution in [1.29, 1.82) is 0 Å². The van der Waals surface area contributed by atoms with Crippen LogP contribution in [-0.2, 0) is 43.3 Å². The average molecular weight is 605 g/mol. The summed E-state index contributed by atoms with van der Waals surface area (Å²) in [5, 5.41) is 11.3. The molecule has 1 aliphatic heterocycles. The Bertz CT molecular complexity index is 1530. The summed E-state index contributed by atoms with van der Waals surface area (Å²) in [4.78, 5) is 0. The molecule has 1 N–H and O–H groups in total. The predicted octanol–water partition coefficient (Wildman–Crippen LogP) is 6.45. The molecule has 0 saturated heterocycles. The van der Waals surface area contributed by atoms with Gasteiger partial charge in [-0.05, 0) is 53.4 Å². The van der Waals surface area contributed by atoms with Crippen molar-refractivity contribution in [3.8, 4) is 30.4 Å². The van der Waals surface area contributed by atoms with Crippen LogP contribution in [0.1, 0.15) is 45.0 Å². The number of allylic oxidation sites excluding steroid dienone is 4. The van der Waals surface area contributed by atoms with Crippen molar-refractivity contribution in [2.75, 3.05) is 39.6 Å². The van der Waals surface area contributed by atoms with Gasteiger partial charge in [-0.15, -0.1) is 12.8 Å². The summed E-state index contributed by atoms with van der Waals surface area (Å²) >= 11 is 0. The van der Waals surface area contributed by atoms with Gasteiger partial charge in [0.2, 0.25) is 0 Å². The number of rotatable bonds is 6. The molecule has 45 heavy (non-hydrogen) atoms. The van der Waals surface area contributed by atoms with E-state index in [1.807, 2.05) is 85.0 Å². The topological polar surface area (TPSA) is 66.4 Å². The first-order chi connectivity index (χ1) is 22.1. The van der Waals surface area contributed by atoms with E-state index in [1.54, 1.807) is 6.08 Å². The summed E-state index contributed by atoms with van der Waals surface area (Å²) < 4.78 is 30.2. The zero-order valence-electron chi connectivity index (χ0n) is 25.5. The SMILES string of the molecule is C#Cc1ccc(C#C)c(Cc2cc3c(O)c(c2)COC[C@H](c2ccccc2)OCCOCCO[C@@H](/C=C/C=C\C=C)COC3)c1. The lowest BCUT2D eigenvalue weighted by atomic mass is 9.95. The van der Waals surface area contributed by atoms with Crippen molar-refractivity contribution in [1.82, 2.24) is 0 Å². The quantitative estimate of drug-likeness (QED) is 0.258. The van der Waals surface area contributed by atoms with Crippen molar-refractivity contribution in [2.45, 2.75) is 31.8 Å². The number of terminal acetylenes is 2. The molecule has 2 bridgehead atoms. The number of ether oxygens (including phenoxy) is 5. The Morgan fingerprint density at radius 2 is 1.53 bits per heavy atom.